The molecule has 0 heterocycles. The van der Waals surface area contributed by atoms with Crippen LogP contribution in [0.15, 0.2) is 42.5 Å². The van der Waals surface area contributed by atoms with Crippen molar-refractivity contribution in [2.24, 2.45) is 0 Å². The molecule has 0 aliphatic heterocycles. The first kappa shape index (κ1) is 14.2. The van der Waals surface area contributed by atoms with Crippen LogP contribution < -0.4 is 10.5 Å². The second-order valence-corrected chi connectivity index (χ2v) is 4.53. The number of aryl methyl sites for hydroxylation is 1. The van der Waals surface area contributed by atoms with E-state index in [2.05, 4.69) is 0 Å². The second-order valence-electron chi connectivity index (χ2n) is 4.53. The van der Waals surface area contributed by atoms with E-state index in [0.29, 0.717) is 17.0 Å². The Hall–Kier alpha value is -2.17. The standard InChI is InChI=1S/C15H14F3NO/c1-10-5-6-14(13(19)7-10)20-9-11-3-2-4-12(8-11)15(16,17)18/h2-8H,9,19H2,1H3. The zero-order valence-corrected chi connectivity index (χ0v) is 10.9. The average Bonchev–Trinajstić information content (AvgIpc) is 2.37. The Morgan fingerprint density at radius 1 is 1.10 bits per heavy atom. The minimum atomic E-state index is -4.35. The number of alkyl halides is 3. The first-order valence-electron chi connectivity index (χ1n) is 6.01. The van der Waals surface area contributed by atoms with Crippen LogP contribution in [0.1, 0.15) is 16.7 Å². The lowest BCUT2D eigenvalue weighted by atomic mass is 10.1. The van der Waals surface area contributed by atoms with Gasteiger partial charge in [0.1, 0.15) is 12.4 Å². The molecule has 106 valence electrons. The maximum absolute atomic E-state index is 12.6. The molecule has 0 spiro atoms. The van der Waals surface area contributed by atoms with Gasteiger partial charge in [-0.3, -0.25) is 0 Å². The van der Waals surface area contributed by atoms with E-state index in [1.54, 1.807) is 18.2 Å². The number of hydrogen-bond acceptors (Lipinski definition) is 2. The van der Waals surface area contributed by atoms with Gasteiger partial charge in [-0.15, -0.1) is 0 Å². The van der Waals surface area contributed by atoms with E-state index in [1.165, 1.54) is 6.07 Å². The van der Waals surface area contributed by atoms with Crippen LogP contribution >= 0.6 is 0 Å². The van der Waals surface area contributed by atoms with Crippen LogP contribution in [0, 0.1) is 6.92 Å². The monoisotopic (exact) mass is 281 g/mol. The summed E-state index contributed by atoms with van der Waals surface area (Å²) in [6.45, 7) is 1.93. The summed E-state index contributed by atoms with van der Waals surface area (Å²) < 4.78 is 43.2. The van der Waals surface area contributed by atoms with Gasteiger partial charge in [0.2, 0.25) is 0 Å². The molecular formula is C15H14F3NO. The molecule has 0 saturated carbocycles. The lowest BCUT2D eigenvalue weighted by Gasteiger charge is -2.11. The van der Waals surface area contributed by atoms with Gasteiger partial charge in [-0.05, 0) is 42.3 Å². The predicted octanol–water partition coefficient (Wildman–Crippen LogP) is 4.18. The van der Waals surface area contributed by atoms with Gasteiger partial charge in [0.05, 0.1) is 11.3 Å². The van der Waals surface area contributed by atoms with Gasteiger partial charge >= 0.3 is 6.18 Å². The Balaban J connectivity index is 2.11. The van der Waals surface area contributed by atoms with Crippen molar-refractivity contribution in [3.05, 3.63) is 59.2 Å². The molecular weight excluding hydrogens is 267 g/mol. The Morgan fingerprint density at radius 3 is 2.50 bits per heavy atom. The third kappa shape index (κ3) is 3.44. The number of rotatable bonds is 3. The molecule has 2 aromatic carbocycles. The lowest BCUT2D eigenvalue weighted by Crippen LogP contribution is -2.06. The van der Waals surface area contributed by atoms with Crippen LogP contribution in [-0.2, 0) is 12.8 Å². The molecule has 0 aromatic heterocycles. The highest BCUT2D eigenvalue weighted by Crippen LogP contribution is 2.30. The van der Waals surface area contributed by atoms with Gasteiger partial charge in [-0.25, -0.2) is 0 Å². The molecule has 0 atom stereocenters. The SMILES string of the molecule is Cc1ccc(OCc2cccc(C(F)(F)F)c2)c(N)c1. The van der Waals surface area contributed by atoms with Crippen LogP contribution in [0.3, 0.4) is 0 Å². The van der Waals surface area contributed by atoms with Gasteiger partial charge in [-0.2, -0.15) is 13.2 Å². The molecule has 0 amide bonds. The summed E-state index contributed by atoms with van der Waals surface area (Å²) in [6, 6.07) is 10.3. The number of hydrogen-bond donors (Lipinski definition) is 1. The largest absolute Gasteiger partial charge is 0.487 e. The zero-order valence-electron chi connectivity index (χ0n) is 10.9. The van der Waals surface area contributed by atoms with Crippen molar-refractivity contribution in [3.63, 3.8) is 0 Å². The van der Waals surface area contributed by atoms with Crippen LogP contribution in [0.4, 0.5) is 18.9 Å². The fourth-order valence-electron chi connectivity index (χ4n) is 1.80. The minimum absolute atomic E-state index is 0.0389. The minimum Gasteiger partial charge on any atom is -0.487 e. The molecule has 2 aromatic rings. The molecule has 0 saturated heterocycles. The van der Waals surface area contributed by atoms with E-state index in [-0.39, 0.29) is 6.61 Å². The molecule has 0 fully saturated rings. The fourth-order valence-corrected chi connectivity index (χ4v) is 1.80. The smallest absolute Gasteiger partial charge is 0.416 e. The highest BCUT2D eigenvalue weighted by atomic mass is 19.4. The molecule has 0 bridgehead atoms. The Bertz CT molecular complexity index is 608. The predicted molar refractivity (Wildman–Crippen MR) is 71.4 cm³/mol. The third-order valence-electron chi connectivity index (χ3n) is 2.81. The van der Waals surface area contributed by atoms with Crippen molar-refractivity contribution < 1.29 is 17.9 Å². The van der Waals surface area contributed by atoms with E-state index in [1.807, 2.05) is 13.0 Å². The van der Waals surface area contributed by atoms with Crippen LogP contribution in [0.2, 0.25) is 0 Å². The summed E-state index contributed by atoms with van der Waals surface area (Å²) in [6.07, 6.45) is -4.35. The van der Waals surface area contributed by atoms with Crippen molar-refractivity contribution in [1.29, 1.82) is 0 Å². The van der Waals surface area contributed by atoms with Gasteiger partial charge in [0.25, 0.3) is 0 Å². The van der Waals surface area contributed by atoms with Crippen molar-refractivity contribution in [3.8, 4) is 5.75 Å². The Labute approximate surface area is 115 Å². The lowest BCUT2D eigenvalue weighted by molar-refractivity contribution is -0.137. The summed E-state index contributed by atoms with van der Waals surface area (Å²) in [5.41, 5.74) is 7.00. The molecule has 2 rings (SSSR count). The maximum atomic E-state index is 12.6. The molecule has 2 nitrogen and oxygen atoms in total. The molecule has 0 unspecified atom stereocenters. The van der Waals surface area contributed by atoms with Crippen molar-refractivity contribution in [1.82, 2.24) is 0 Å². The highest BCUT2D eigenvalue weighted by Gasteiger charge is 2.30. The summed E-state index contributed by atoms with van der Waals surface area (Å²) in [5, 5.41) is 0. The first-order valence-corrected chi connectivity index (χ1v) is 6.01. The van der Waals surface area contributed by atoms with E-state index in [9.17, 15) is 13.2 Å². The summed E-state index contributed by atoms with van der Waals surface area (Å²) in [7, 11) is 0. The number of nitrogens with two attached hydrogens (primary N) is 1. The summed E-state index contributed by atoms with van der Waals surface area (Å²) in [4.78, 5) is 0. The van der Waals surface area contributed by atoms with Crippen molar-refractivity contribution >= 4 is 5.69 Å². The quantitative estimate of drug-likeness (QED) is 0.857. The Morgan fingerprint density at radius 2 is 1.85 bits per heavy atom. The van der Waals surface area contributed by atoms with E-state index in [0.717, 1.165) is 17.7 Å². The van der Waals surface area contributed by atoms with E-state index >= 15 is 0 Å². The fraction of sp³-hybridized carbons (Fsp3) is 0.200. The normalized spacial score (nSPS) is 11.4. The van der Waals surface area contributed by atoms with E-state index < -0.39 is 11.7 Å². The van der Waals surface area contributed by atoms with E-state index in [4.69, 9.17) is 10.5 Å². The molecule has 2 N–H and O–H groups in total. The second kappa shape index (κ2) is 5.45. The average molecular weight is 281 g/mol. The first-order chi connectivity index (χ1) is 9.36. The summed E-state index contributed by atoms with van der Waals surface area (Å²) >= 11 is 0. The number of nitrogen functional groups attached to an aromatic ring is 1. The van der Waals surface area contributed by atoms with Gasteiger partial charge in [0, 0.05) is 0 Å². The number of anilines is 1. The molecule has 20 heavy (non-hydrogen) atoms. The van der Waals surface area contributed by atoms with Crippen molar-refractivity contribution in [2.45, 2.75) is 19.7 Å². The molecule has 0 radical (unpaired) electrons. The van der Waals surface area contributed by atoms with Gasteiger partial charge in [0.15, 0.2) is 0 Å². The number of ether oxygens (including phenoxy) is 1. The molecule has 5 heteroatoms. The molecule has 0 aliphatic carbocycles. The van der Waals surface area contributed by atoms with Gasteiger partial charge in [-0.1, -0.05) is 18.2 Å². The number of benzene rings is 2. The third-order valence-corrected chi connectivity index (χ3v) is 2.81. The highest BCUT2D eigenvalue weighted by molar-refractivity contribution is 5.54. The maximum Gasteiger partial charge on any atom is 0.416 e. The zero-order chi connectivity index (χ0) is 14.8. The number of halogens is 3. The van der Waals surface area contributed by atoms with Crippen LogP contribution in [-0.4, -0.2) is 0 Å². The van der Waals surface area contributed by atoms with Crippen LogP contribution in [0.5, 0.6) is 5.75 Å². The Kier molecular flexibility index (Phi) is 3.88. The summed E-state index contributed by atoms with van der Waals surface area (Å²) in [5.74, 6) is 0.466. The van der Waals surface area contributed by atoms with Crippen molar-refractivity contribution in [2.75, 3.05) is 5.73 Å². The molecule has 0 aliphatic rings. The van der Waals surface area contributed by atoms with Crippen LogP contribution in [0.25, 0.3) is 0 Å². The topological polar surface area (TPSA) is 35.2 Å². The van der Waals surface area contributed by atoms with Gasteiger partial charge < -0.3 is 10.5 Å².